The second-order valence-corrected chi connectivity index (χ2v) is 5.42. The van der Waals surface area contributed by atoms with Crippen LogP contribution in [-0.4, -0.2) is 22.6 Å². The molecule has 1 aromatic heterocycles. The van der Waals surface area contributed by atoms with Crippen molar-refractivity contribution in [2.75, 3.05) is 11.4 Å². The van der Waals surface area contributed by atoms with Crippen LogP contribution in [0.2, 0.25) is 5.15 Å². The molecule has 4 heteroatoms. The molecule has 0 radical (unpaired) electrons. The summed E-state index contributed by atoms with van der Waals surface area (Å²) in [4.78, 5) is 11.3. The molecule has 0 aliphatic carbocycles. The minimum atomic E-state index is 0.484. The summed E-state index contributed by atoms with van der Waals surface area (Å²) in [5.41, 5.74) is 1.88. The first kappa shape index (κ1) is 12.6. The van der Waals surface area contributed by atoms with Crippen LogP contribution in [0.5, 0.6) is 0 Å². The highest BCUT2D eigenvalue weighted by atomic mass is 35.5. The Kier molecular flexibility index (Phi) is 3.57. The van der Waals surface area contributed by atoms with E-state index in [1.54, 1.807) is 0 Å². The first-order valence-electron chi connectivity index (χ1n) is 6.28. The molecule has 2 atom stereocenters. The molecule has 1 aliphatic heterocycles. The number of piperidine rings is 1. The van der Waals surface area contributed by atoms with E-state index >= 15 is 0 Å². The summed E-state index contributed by atoms with van der Waals surface area (Å²) in [6, 6.07) is 0.484. The number of aryl methyl sites for hydroxylation is 2. The Hall–Kier alpha value is -0.830. The van der Waals surface area contributed by atoms with Gasteiger partial charge in [0.1, 0.15) is 0 Å². The van der Waals surface area contributed by atoms with E-state index in [0.29, 0.717) is 17.1 Å². The number of rotatable bonds is 1. The largest absolute Gasteiger partial charge is 0.351 e. The lowest BCUT2D eigenvalue weighted by Gasteiger charge is -2.39. The van der Waals surface area contributed by atoms with Gasteiger partial charge in [-0.3, -0.25) is 0 Å². The fourth-order valence-electron chi connectivity index (χ4n) is 2.38. The van der Waals surface area contributed by atoms with Crippen LogP contribution >= 0.6 is 11.6 Å². The minimum absolute atomic E-state index is 0.484. The molecule has 2 rings (SSSR count). The van der Waals surface area contributed by atoms with Crippen molar-refractivity contribution in [2.24, 2.45) is 5.92 Å². The highest BCUT2D eigenvalue weighted by Gasteiger charge is 2.27. The summed E-state index contributed by atoms with van der Waals surface area (Å²) in [6.45, 7) is 9.50. The van der Waals surface area contributed by atoms with Crippen LogP contribution in [-0.2, 0) is 0 Å². The van der Waals surface area contributed by atoms with Gasteiger partial charge in [-0.1, -0.05) is 18.5 Å². The lowest BCUT2D eigenvalue weighted by atomic mass is 9.92. The maximum absolute atomic E-state index is 6.23. The Morgan fingerprint density at radius 2 is 1.82 bits per heavy atom. The highest BCUT2D eigenvalue weighted by Crippen LogP contribution is 2.31. The van der Waals surface area contributed by atoms with Gasteiger partial charge in [-0.2, -0.15) is 0 Å². The Bertz CT molecular complexity index is 419. The molecule has 3 nitrogen and oxygen atoms in total. The topological polar surface area (TPSA) is 29.0 Å². The van der Waals surface area contributed by atoms with Gasteiger partial charge in [0.25, 0.3) is 0 Å². The van der Waals surface area contributed by atoms with Crippen molar-refractivity contribution in [3.8, 4) is 0 Å². The van der Waals surface area contributed by atoms with Crippen molar-refractivity contribution in [3.05, 3.63) is 16.5 Å². The molecule has 0 amide bonds. The lowest BCUT2D eigenvalue weighted by Crippen LogP contribution is -2.43. The smallest absolute Gasteiger partial charge is 0.171 e. The van der Waals surface area contributed by atoms with Gasteiger partial charge in [-0.25, -0.2) is 9.97 Å². The molecule has 1 aliphatic rings. The molecule has 1 saturated heterocycles. The predicted octanol–water partition coefficient (Wildman–Crippen LogP) is 3.37. The number of aromatic nitrogens is 2. The fourth-order valence-corrected chi connectivity index (χ4v) is 2.66. The first-order chi connectivity index (χ1) is 8.00. The van der Waals surface area contributed by atoms with E-state index in [-0.39, 0.29) is 0 Å². The maximum Gasteiger partial charge on any atom is 0.171 e. The third-order valence-electron chi connectivity index (χ3n) is 3.89. The van der Waals surface area contributed by atoms with E-state index in [4.69, 9.17) is 11.6 Å². The van der Waals surface area contributed by atoms with Crippen molar-refractivity contribution in [3.63, 3.8) is 0 Å². The molecule has 1 fully saturated rings. The van der Waals surface area contributed by atoms with Crippen molar-refractivity contribution in [1.29, 1.82) is 0 Å². The van der Waals surface area contributed by atoms with Crippen molar-refractivity contribution < 1.29 is 0 Å². The molecule has 2 heterocycles. The SMILES string of the molecule is Cc1nc(Cl)c(N2CCCC(C)C2C)nc1C. The fraction of sp³-hybridized carbons (Fsp3) is 0.692. The van der Waals surface area contributed by atoms with Gasteiger partial charge in [0.2, 0.25) is 0 Å². The van der Waals surface area contributed by atoms with Crippen LogP contribution in [0, 0.1) is 19.8 Å². The zero-order chi connectivity index (χ0) is 12.6. The van der Waals surface area contributed by atoms with Crippen LogP contribution in [0.25, 0.3) is 0 Å². The zero-order valence-electron chi connectivity index (χ0n) is 11.0. The maximum atomic E-state index is 6.23. The van der Waals surface area contributed by atoms with E-state index in [9.17, 15) is 0 Å². The number of hydrogen-bond donors (Lipinski definition) is 0. The van der Waals surface area contributed by atoms with Crippen LogP contribution in [0.1, 0.15) is 38.1 Å². The quantitative estimate of drug-likeness (QED) is 0.768. The molecular weight excluding hydrogens is 234 g/mol. The summed E-state index contributed by atoms with van der Waals surface area (Å²) in [6.07, 6.45) is 2.49. The number of anilines is 1. The Labute approximate surface area is 108 Å². The molecule has 1 aromatic rings. The zero-order valence-corrected chi connectivity index (χ0v) is 11.8. The molecule has 0 N–H and O–H groups in total. The average molecular weight is 254 g/mol. The van der Waals surface area contributed by atoms with Gasteiger partial charge in [0.15, 0.2) is 11.0 Å². The van der Waals surface area contributed by atoms with Crippen molar-refractivity contribution in [2.45, 2.75) is 46.6 Å². The summed E-state index contributed by atoms with van der Waals surface area (Å²) < 4.78 is 0. The summed E-state index contributed by atoms with van der Waals surface area (Å²) in [5.74, 6) is 1.54. The predicted molar refractivity (Wildman–Crippen MR) is 71.7 cm³/mol. The summed E-state index contributed by atoms with van der Waals surface area (Å²) in [5, 5.41) is 0.536. The van der Waals surface area contributed by atoms with Gasteiger partial charge in [0, 0.05) is 12.6 Å². The van der Waals surface area contributed by atoms with E-state index in [1.807, 2.05) is 13.8 Å². The van der Waals surface area contributed by atoms with Gasteiger partial charge in [-0.05, 0) is 39.5 Å². The first-order valence-corrected chi connectivity index (χ1v) is 6.66. The van der Waals surface area contributed by atoms with Crippen LogP contribution in [0.15, 0.2) is 0 Å². The van der Waals surface area contributed by atoms with Crippen LogP contribution in [0.3, 0.4) is 0 Å². The third-order valence-corrected chi connectivity index (χ3v) is 4.15. The second kappa shape index (κ2) is 4.81. The van der Waals surface area contributed by atoms with E-state index < -0.39 is 0 Å². The molecule has 0 spiro atoms. The number of halogens is 1. The number of nitrogens with zero attached hydrogens (tertiary/aromatic N) is 3. The molecule has 0 aromatic carbocycles. The monoisotopic (exact) mass is 253 g/mol. The lowest BCUT2D eigenvalue weighted by molar-refractivity contribution is 0.361. The number of hydrogen-bond acceptors (Lipinski definition) is 3. The molecule has 2 unspecified atom stereocenters. The highest BCUT2D eigenvalue weighted by molar-refractivity contribution is 6.31. The second-order valence-electron chi connectivity index (χ2n) is 5.06. The van der Waals surface area contributed by atoms with Gasteiger partial charge in [-0.15, -0.1) is 0 Å². The van der Waals surface area contributed by atoms with Crippen LogP contribution < -0.4 is 4.90 Å². The molecular formula is C13H20ClN3. The Morgan fingerprint density at radius 3 is 2.53 bits per heavy atom. The van der Waals surface area contributed by atoms with Crippen LogP contribution in [0.4, 0.5) is 5.82 Å². The van der Waals surface area contributed by atoms with Crippen molar-refractivity contribution in [1.82, 2.24) is 9.97 Å². The minimum Gasteiger partial charge on any atom is -0.351 e. The summed E-state index contributed by atoms with van der Waals surface area (Å²) in [7, 11) is 0. The molecule has 94 valence electrons. The van der Waals surface area contributed by atoms with E-state index in [0.717, 1.165) is 23.8 Å². The molecule has 0 saturated carbocycles. The normalized spacial score (nSPS) is 25.1. The Morgan fingerprint density at radius 1 is 1.18 bits per heavy atom. The standard InChI is InChI=1S/C13H20ClN3/c1-8-6-5-7-17(11(8)4)13-12(14)15-9(2)10(3)16-13/h8,11H,5-7H2,1-4H3. The molecule has 0 bridgehead atoms. The molecule has 17 heavy (non-hydrogen) atoms. The van der Waals surface area contributed by atoms with Gasteiger partial charge < -0.3 is 4.90 Å². The van der Waals surface area contributed by atoms with Gasteiger partial charge in [0.05, 0.1) is 11.4 Å². The Balaban J connectivity index is 2.36. The van der Waals surface area contributed by atoms with Crippen molar-refractivity contribution >= 4 is 17.4 Å². The van der Waals surface area contributed by atoms with E-state index in [2.05, 4.69) is 28.7 Å². The summed E-state index contributed by atoms with van der Waals surface area (Å²) >= 11 is 6.23. The average Bonchev–Trinajstić information content (AvgIpc) is 2.28. The van der Waals surface area contributed by atoms with E-state index in [1.165, 1.54) is 12.8 Å². The van der Waals surface area contributed by atoms with Gasteiger partial charge >= 0.3 is 0 Å². The third kappa shape index (κ3) is 2.39.